The highest BCUT2D eigenvalue weighted by atomic mass is 16.5. The summed E-state index contributed by atoms with van der Waals surface area (Å²) in [4.78, 5) is 41.4. The van der Waals surface area contributed by atoms with E-state index in [0.717, 1.165) is 96.9 Å². The number of likely N-dealkylation sites (tertiary alicyclic amines) is 1. The normalized spacial score (nSPS) is 23.0. The van der Waals surface area contributed by atoms with Crippen LogP contribution in [0.2, 0.25) is 0 Å². The average Bonchev–Trinajstić information content (AvgIpc) is 3.70. The van der Waals surface area contributed by atoms with Crippen LogP contribution in [0.4, 0.5) is 11.5 Å². The maximum Gasteiger partial charge on any atom is 0.255 e. The van der Waals surface area contributed by atoms with Gasteiger partial charge in [-0.15, -0.1) is 0 Å². The summed E-state index contributed by atoms with van der Waals surface area (Å²) in [5.74, 6) is 1.60. The van der Waals surface area contributed by atoms with Gasteiger partial charge in [0.25, 0.3) is 5.91 Å². The lowest BCUT2D eigenvalue weighted by molar-refractivity contribution is -0.132. The summed E-state index contributed by atoms with van der Waals surface area (Å²) < 4.78 is 8.11. The first-order valence-corrected chi connectivity index (χ1v) is 19.0. The Morgan fingerprint density at radius 3 is 2.39 bits per heavy atom. The molecule has 0 bridgehead atoms. The molecule has 2 aromatic heterocycles. The van der Waals surface area contributed by atoms with Crippen LogP contribution in [0.5, 0.6) is 11.5 Å². The molecule has 6 heterocycles. The van der Waals surface area contributed by atoms with E-state index in [4.69, 9.17) is 15.6 Å². The average molecular weight is 726 g/mol. The number of rotatable bonds is 7. The standard InChI is InChI=1S/C41H43N9O4/c42-37-35-36(25-6-9-31(10-7-25)54-30-4-2-1-3-5-30)46-50(38(35)44-24-43-37)27-14-16-41(17-15-27)22-48(23-41)29-20-47(21-29)28-8-11-32-26(18-28)19-49(40(32)53)33-12-13-34(51)45-39(33)52/h1-11,18,24,27,29,33-34,51H,12-17,19-23H2,(H,45,52)(H2,42,43,44)/t33-,34?/m1/s1. The molecule has 4 aliphatic heterocycles. The van der Waals surface area contributed by atoms with Gasteiger partial charge in [0.2, 0.25) is 5.91 Å². The first kappa shape index (κ1) is 33.1. The minimum absolute atomic E-state index is 0.103. The number of ether oxygens (including phenoxy) is 1. The number of para-hydroxylation sites is 1. The summed E-state index contributed by atoms with van der Waals surface area (Å²) in [6.45, 7) is 4.63. The van der Waals surface area contributed by atoms with Crippen molar-refractivity contribution >= 4 is 34.4 Å². The molecule has 276 valence electrons. The second-order valence-corrected chi connectivity index (χ2v) is 15.8. The van der Waals surface area contributed by atoms with Crippen LogP contribution in [0, 0.1) is 5.41 Å². The zero-order chi connectivity index (χ0) is 36.6. The second kappa shape index (κ2) is 12.8. The quantitative estimate of drug-likeness (QED) is 0.215. The molecule has 4 fully saturated rings. The van der Waals surface area contributed by atoms with Crippen LogP contribution in [0.1, 0.15) is 60.5 Å². The number of aromatic nitrogens is 4. The second-order valence-electron chi connectivity index (χ2n) is 15.8. The predicted molar refractivity (Wildman–Crippen MR) is 203 cm³/mol. The third-order valence-corrected chi connectivity index (χ3v) is 12.4. The third-order valence-electron chi connectivity index (χ3n) is 12.4. The highest BCUT2D eigenvalue weighted by molar-refractivity contribution is 6.02. The number of hydrogen-bond donors (Lipinski definition) is 3. The first-order valence-electron chi connectivity index (χ1n) is 19.0. The van der Waals surface area contributed by atoms with Crippen molar-refractivity contribution in [2.75, 3.05) is 36.8 Å². The van der Waals surface area contributed by atoms with Crippen molar-refractivity contribution in [2.45, 2.75) is 69.4 Å². The molecule has 13 nitrogen and oxygen atoms in total. The lowest BCUT2D eigenvalue weighted by Gasteiger charge is -2.59. The summed E-state index contributed by atoms with van der Waals surface area (Å²) in [5, 5.41) is 18.3. The van der Waals surface area contributed by atoms with Crippen LogP contribution in [0.15, 0.2) is 79.1 Å². The van der Waals surface area contributed by atoms with Gasteiger partial charge in [-0.1, -0.05) is 18.2 Å². The highest BCUT2D eigenvalue weighted by Gasteiger charge is 2.50. The Labute approximate surface area is 312 Å². The molecule has 2 atom stereocenters. The smallest absolute Gasteiger partial charge is 0.255 e. The Kier molecular flexibility index (Phi) is 7.84. The number of nitrogens with two attached hydrogens (primary N) is 1. The number of aliphatic hydroxyl groups excluding tert-OH is 1. The van der Waals surface area contributed by atoms with Crippen molar-refractivity contribution in [3.05, 3.63) is 90.3 Å². The van der Waals surface area contributed by atoms with E-state index in [0.29, 0.717) is 42.2 Å². The number of nitrogens with zero attached hydrogens (tertiary/aromatic N) is 7. The maximum absolute atomic E-state index is 13.2. The molecule has 1 saturated carbocycles. The molecule has 10 rings (SSSR count). The molecule has 5 aromatic rings. The minimum atomic E-state index is -0.833. The molecule has 3 aromatic carbocycles. The Morgan fingerprint density at radius 2 is 1.63 bits per heavy atom. The number of carbonyl (C=O) groups excluding carboxylic acids is 2. The van der Waals surface area contributed by atoms with E-state index in [1.807, 2.05) is 66.7 Å². The number of aliphatic hydroxyl groups is 1. The van der Waals surface area contributed by atoms with Crippen LogP contribution in [-0.4, -0.2) is 91.0 Å². The Morgan fingerprint density at radius 1 is 0.870 bits per heavy atom. The molecule has 1 unspecified atom stereocenters. The number of nitrogens with one attached hydrogen (secondary N) is 1. The van der Waals surface area contributed by atoms with Crippen LogP contribution < -0.4 is 20.7 Å². The van der Waals surface area contributed by atoms with Crippen LogP contribution in [0.3, 0.4) is 0 Å². The number of carbonyl (C=O) groups is 2. The Bertz CT molecular complexity index is 2240. The van der Waals surface area contributed by atoms with E-state index in [-0.39, 0.29) is 17.9 Å². The summed E-state index contributed by atoms with van der Waals surface area (Å²) in [7, 11) is 0. The predicted octanol–water partition coefficient (Wildman–Crippen LogP) is 4.73. The Hall–Kier alpha value is -5.53. The fourth-order valence-corrected chi connectivity index (χ4v) is 9.36. The first-order chi connectivity index (χ1) is 26.3. The van der Waals surface area contributed by atoms with E-state index < -0.39 is 12.3 Å². The van der Waals surface area contributed by atoms with Gasteiger partial charge in [-0.2, -0.15) is 5.10 Å². The van der Waals surface area contributed by atoms with E-state index in [9.17, 15) is 14.7 Å². The highest BCUT2D eigenvalue weighted by Crippen LogP contribution is 2.49. The fourth-order valence-electron chi connectivity index (χ4n) is 9.36. The number of benzene rings is 3. The molecule has 1 aliphatic carbocycles. The number of fused-ring (bicyclic) bond motifs is 2. The lowest BCUT2D eigenvalue weighted by atomic mass is 9.66. The molecule has 3 saturated heterocycles. The molecule has 5 aliphatic rings. The van der Waals surface area contributed by atoms with Crippen molar-refractivity contribution in [3.63, 3.8) is 0 Å². The van der Waals surface area contributed by atoms with Gasteiger partial charge in [-0.3, -0.25) is 14.5 Å². The summed E-state index contributed by atoms with van der Waals surface area (Å²) in [6, 6.07) is 24.0. The summed E-state index contributed by atoms with van der Waals surface area (Å²) >= 11 is 0. The van der Waals surface area contributed by atoms with Gasteiger partial charge in [-0.05, 0) is 104 Å². The number of amides is 2. The zero-order valence-corrected chi connectivity index (χ0v) is 30.0. The molecule has 0 radical (unpaired) electrons. The maximum atomic E-state index is 13.2. The molecule has 54 heavy (non-hydrogen) atoms. The molecule has 1 spiro atoms. The zero-order valence-electron chi connectivity index (χ0n) is 30.0. The van der Waals surface area contributed by atoms with Gasteiger partial charge in [0.15, 0.2) is 5.65 Å². The van der Waals surface area contributed by atoms with Gasteiger partial charge in [0.05, 0.1) is 11.4 Å². The van der Waals surface area contributed by atoms with Gasteiger partial charge < -0.3 is 30.7 Å². The Balaban J connectivity index is 0.756. The number of piperidine rings is 1. The molecule has 13 heteroatoms. The number of nitrogen functional groups attached to an aromatic ring is 1. The van der Waals surface area contributed by atoms with E-state index in [1.165, 1.54) is 6.33 Å². The van der Waals surface area contributed by atoms with Crippen molar-refractivity contribution in [3.8, 4) is 22.8 Å². The van der Waals surface area contributed by atoms with Crippen molar-refractivity contribution < 1.29 is 19.4 Å². The topological polar surface area (TPSA) is 155 Å². The van der Waals surface area contributed by atoms with E-state index in [1.54, 1.807) is 4.90 Å². The van der Waals surface area contributed by atoms with Crippen LogP contribution in [-0.2, 0) is 11.3 Å². The molecular formula is C41H43N9O4. The fraction of sp³-hybridized carbons (Fsp3) is 0.390. The molecular weight excluding hydrogens is 683 g/mol. The van der Waals surface area contributed by atoms with Crippen molar-refractivity contribution in [2.24, 2.45) is 5.41 Å². The van der Waals surface area contributed by atoms with Crippen molar-refractivity contribution in [1.29, 1.82) is 0 Å². The molecule has 4 N–H and O–H groups in total. The summed E-state index contributed by atoms with van der Waals surface area (Å²) in [5.41, 5.74) is 12.1. The van der Waals surface area contributed by atoms with Crippen LogP contribution >= 0.6 is 0 Å². The SMILES string of the molecule is Nc1ncnc2c1c(-c1ccc(Oc3ccccc3)cc1)nn2C1CCC2(CC1)CN(C1CN(c3ccc4c(c3)CN([C@@H]3CCC(O)NC3=O)C4=O)C1)C2. The lowest BCUT2D eigenvalue weighted by Crippen LogP contribution is -2.69. The van der Waals surface area contributed by atoms with Gasteiger partial charge in [-0.25, -0.2) is 14.6 Å². The van der Waals surface area contributed by atoms with E-state index >= 15 is 0 Å². The molecule has 2 amide bonds. The van der Waals surface area contributed by atoms with Gasteiger partial charge in [0, 0.05) is 55.6 Å². The summed E-state index contributed by atoms with van der Waals surface area (Å²) in [6.07, 6.45) is 6.02. The van der Waals surface area contributed by atoms with Gasteiger partial charge in [0.1, 0.15) is 41.6 Å². The third kappa shape index (κ3) is 5.64. The largest absolute Gasteiger partial charge is 0.457 e. The number of anilines is 2. The van der Waals surface area contributed by atoms with Gasteiger partial charge >= 0.3 is 0 Å². The van der Waals surface area contributed by atoms with E-state index in [2.05, 4.69) is 35.8 Å². The monoisotopic (exact) mass is 725 g/mol. The number of hydrogen-bond acceptors (Lipinski definition) is 10. The van der Waals surface area contributed by atoms with Crippen LogP contribution in [0.25, 0.3) is 22.3 Å². The minimum Gasteiger partial charge on any atom is -0.457 e. The van der Waals surface area contributed by atoms with Crippen molar-refractivity contribution in [1.82, 2.24) is 34.9 Å².